The van der Waals surface area contributed by atoms with Crippen LogP contribution in [0.4, 0.5) is 0 Å². The number of ether oxygens (including phenoxy) is 1. The zero-order valence-corrected chi connectivity index (χ0v) is 8.95. The van der Waals surface area contributed by atoms with Crippen molar-refractivity contribution in [2.75, 3.05) is 13.2 Å². The molecular weight excluding hydrogens is 180 g/mol. The highest BCUT2D eigenvalue weighted by molar-refractivity contribution is 5.80. The molecule has 0 aromatic heterocycles. The van der Waals surface area contributed by atoms with Crippen molar-refractivity contribution in [1.29, 1.82) is 0 Å². The third kappa shape index (κ3) is 3.27. The maximum absolute atomic E-state index is 11.2. The number of nitrogens with one attached hydrogen (secondary N) is 1. The molecule has 14 heavy (non-hydrogen) atoms. The van der Waals surface area contributed by atoms with Crippen LogP contribution in [0.5, 0.6) is 0 Å². The third-order valence-corrected chi connectivity index (χ3v) is 2.39. The number of nitrogens with two attached hydrogens (primary N) is 1. The number of primary amides is 1. The van der Waals surface area contributed by atoms with Gasteiger partial charge in [-0.15, -0.1) is 0 Å². The van der Waals surface area contributed by atoms with Crippen molar-refractivity contribution in [3.05, 3.63) is 0 Å². The Labute approximate surface area is 85.2 Å². The summed E-state index contributed by atoms with van der Waals surface area (Å²) in [4.78, 5) is 11.2. The number of hydrogen-bond donors (Lipinski definition) is 2. The normalized spacial score (nSPS) is 24.1. The van der Waals surface area contributed by atoms with Crippen molar-refractivity contribution in [3.8, 4) is 0 Å². The van der Waals surface area contributed by atoms with Gasteiger partial charge in [0.25, 0.3) is 0 Å². The monoisotopic (exact) mass is 200 g/mol. The number of amides is 1. The first-order valence-electron chi connectivity index (χ1n) is 5.25. The quantitative estimate of drug-likeness (QED) is 0.669. The van der Waals surface area contributed by atoms with Crippen molar-refractivity contribution in [3.63, 3.8) is 0 Å². The molecule has 0 aliphatic carbocycles. The molecule has 0 aromatic rings. The van der Waals surface area contributed by atoms with E-state index in [4.69, 9.17) is 10.5 Å². The largest absolute Gasteiger partial charge is 0.376 e. The van der Waals surface area contributed by atoms with Gasteiger partial charge in [0.05, 0.1) is 6.10 Å². The predicted octanol–water partition coefficient (Wildman–Crippen LogP) is 0.265. The predicted molar refractivity (Wildman–Crippen MR) is 54.8 cm³/mol. The summed E-state index contributed by atoms with van der Waals surface area (Å²) in [7, 11) is 0. The Kier molecular flexibility index (Phi) is 4.35. The van der Waals surface area contributed by atoms with E-state index in [-0.39, 0.29) is 18.1 Å². The van der Waals surface area contributed by atoms with E-state index < -0.39 is 0 Å². The topological polar surface area (TPSA) is 64.3 Å². The number of carbonyl (C=O) groups excluding carboxylic acids is 1. The molecule has 4 nitrogen and oxygen atoms in total. The molecule has 0 spiro atoms. The van der Waals surface area contributed by atoms with Crippen LogP contribution < -0.4 is 11.1 Å². The number of hydrogen-bond acceptors (Lipinski definition) is 3. The molecule has 1 amide bonds. The van der Waals surface area contributed by atoms with Crippen LogP contribution in [0.1, 0.15) is 26.7 Å². The van der Waals surface area contributed by atoms with E-state index in [1.807, 2.05) is 0 Å². The maximum atomic E-state index is 11.2. The van der Waals surface area contributed by atoms with E-state index in [0.717, 1.165) is 26.0 Å². The van der Waals surface area contributed by atoms with Gasteiger partial charge < -0.3 is 15.8 Å². The minimum absolute atomic E-state index is 0.0220. The molecular formula is C10H20N2O2. The summed E-state index contributed by atoms with van der Waals surface area (Å²) < 4.78 is 5.45. The van der Waals surface area contributed by atoms with Gasteiger partial charge in [-0.1, -0.05) is 13.8 Å². The first kappa shape index (κ1) is 11.5. The summed E-state index contributed by atoms with van der Waals surface area (Å²) >= 11 is 0. The molecule has 4 heteroatoms. The van der Waals surface area contributed by atoms with Crippen LogP contribution in [-0.4, -0.2) is 31.2 Å². The zero-order valence-electron chi connectivity index (χ0n) is 8.95. The molecule has 0 saturated carbocycles. The SMILES string of the molecule is CC(C)CNC(C(N)=O)C1CCCO1. The average molecular weight is 200 g/mol. The van der Waals surface area contributed by atoms with Crippen molar-refractivity contribution in [2.45, 2.75) is 38.8 Å². The fraction of sp³-hybridized carbons (Fsp3) is 0.900. The van der Waals surface area contributed by atoms with Gasteiger partial charge in [0.2, 0.25) is 5.91 Å². The van der Waals surface area contributed by atoms with Crippen LogP contribution in [0.25, 0.3) is 0 Å². The van der Waals surface area contributed by atoms with Gasteiger partial charge in [-0.25, -0.2) is 0 Å². The lowest BCUT2D eigenvalue weighted by atomic mass is 10.1. The first-order chi connectivity index (χ1) is 6.61. The van der Waals surface area contributed by atoms with Gasteiger partial charge in [0, 0.05) is 6.61 Å². The van der Waals surface area contributed by atoms with Gasteiger partial charge in [0.1, 0.15) is 6.04 Å². The molecule has 3 N–H and O–H groups in total. The van der Waals surface area contributed by atoms with E-state index in [9.17, 15) is 4.79 Å². The fourth-order valence-corrected chi connectivity index (χ4v) is 1.64. The zero-order chi connectivity index (χ0) is 10.6. The Morgan fingerprint density at radius 2 is 2.36 bits per heavy atom. The Bertz CT molecular complexity index is 189. The fourth-order valence-electron chi connectivity index (χ4n) is 1.64. The van der Waals surface area contributed by atoms with Crippen molar-refractivity contribution in [2.24, 2.45) is 11.7 Å². The van der Waals surface area contributed by atoms with Gasteiger partial charge in [-0.3, -0.25) is 4.79 Å². The molecule has 1 rings (SSSR count). The molecule has 1 fully saturated rings. The second kappa shape index (κ2) is 5.32. The Balaban J connectivity index is 2.42. The highest BCUT2D eigenvalue weighted by Gasteiger charge is 2.29. The molecule has 2 atom stereocenters. The molecule has 82 valence electrons. The van der Waals surface area contributed by atoms with Crippen LogP contribution in [-0.2, 0) is 9.53 Å². The summed E-state index contributed by atoms with van der Waals surface area (Å²) in [6, 6.07) is -0.320. The van der Waals surface area contributed by atoms with Crippen LogP contribution in [0, 0.1) is 5.92 Å². The molecule has 1 saturated heterocycles. The summed E-state index contributed by atoms with van der Waals surface area (Å²) in [5, 5.41) is 3.16. The first-order valence-corrected chi connectivity index (χ1v) is 5.25. The van der Waals surface area contributed by atoms with Crippen LogP contribution in [0.2, 0.25) is 0 Å². The van der Waals surface area contributed by atoms with Gasteiger partial charge in [-0.05, 0) is 25.3 Å². The lowest BCUT2D eigenvalue weighted by Gasteiger charge is -2.22. The van der Waals surface area contributed by atoms with E-state index in [0.29, 0.717) is 5.92 Å². The van der Waals surface area contributed by atoms with Crippen molar-refractivity contribution < 1.29 is 9.53 Å². The minimum atomic E-state index is -0.320. The standard InChI is InChI=1S/C10H20N2O2/c1-7(2)6-12-9(10(11)13)8-4-3-5-14-8/h7-9,12H,3-6H2,1-2H3,(H2,11,13). The van der Waals surface area contributed by atoms with Crippen LogP contribution in [0.3, 0.4) is 0 Å². The number of rotatable bonds is 5. The van der Waals surface area contributed by atoms with Gasteiger partial charge in [-0.2, -0.15) is 0 Å². The van der Waals surface area contributed by atoms with E-state index in [1.54, 1.807) is 0 Å². The molecule has 1 heterocycles. The van der Waals surface area contributed by atoms with Crippen molar-refractivity contribution in [1.82, 2.24) is 5.32 Å². The lowest BCUT2D eigenvalue weighted by Crippen LogP contribution is -2.50. The van der Waals surface area contributed by atoms with E-state index >= 15 is 0 Å². The summed E-state index contributed by atoms with van der Waals surface area (Å²) in [6.07, 6.45) is 1.93. The van der Waals surface area contributed by atoms with Gasteiger partial charge in [0.15, 0.2) is 0 Å². The Morgan fingerprint density at radius 3 is 2.79 bits per heavy atom. The molecule has 0 bridgehead atoms. The average Bonchev–Trinajstić information content (AvgIpc) is 2.56. The van der Waals surface area contributed by atoms with Crippen molar-refractivity contribution >= 4 is 5.91 Å². The second-order valence-electron chi connectivity index (χ2n) is 4.23. The van der Waals surface area contributed by atoms with E-state index in [2.05, 4.69) is 19.2 Å². The van der Waals surface area contributed by atoms with E-state index in [1.165, 1.54) is 0 Å². The minimum Gasteiger partial charge on any atom is -0.376 e. The lowest BCUT2D eigenvalue weighted by molar-refractivity contribution is -0.123. The number of carbonyl (C=O) groups is 1. The molecule has 0 aromatic carbocycles. The maximum Gasteiger partial charge on any atom is 0.237 e. The van der Waals surface area contributed by atoms with Gasteiger partial charge >= 0.3 is 0 Å². The molecule has 1 aliphatic rings. The smallest absolute Gasteiger partial charge is 0.237 e. The second-order valence-corrected chi connectivity index (χ2v) is 4.23. The Hall–Kier alpha value is -0.610. The van der Waals surface area contributed by atoms with Crippen LogP contribution in [0.15, 0.2) is 0 Å². The molecule has 1 aliphatic heterocycles. The van der Waals surface area contributed by atoms with Crippen LogP contribution >= 0.6 is 0 Å². The molecule has 2 unspecified atom stereocenters. The summed E-state index contributed by atoms with van der Waals surface area (Å²) in [5.41, 5.74) is 5.32. The summed E-state index contributed by atoms with van der Waals surface area (Å²) in [5.74, 6) is 0.204. The third-order valence-electron chi connectivity index (χ3n) is 2.39. The summed E-state index contributed by atoms with van der Waals surface area (Å²) in [6.45, 7) is 5.74. The molecule has 0 radical (unpaired) electrons. The highest BCUT2D eigenvalue weighted by Crippen LogP contribution is 2.15. The highest BCUT2D eigenvalue weighted by atomic mass is 16.5. The Morgan fingerprint density at radius 1 is 1.64 bits per heavy atom.